The lowest BCUT2D eigenvalue weighted by Gasteiger charge is -2.13. The zero-order chi connectivity index (χ0) is 16.2. The molecular formula is C16H14ClN3O3. The number of esters is 1. The van der Waals surface area contributed by atoms with Crippen LogP contribution in [0.15, 0.2) is 24.3 Å². The molecule has 3 rings (SSSR count). The fourth-order valence-electron chi connectivity index (χ4n) is 2.44. The van der Waals surface area contributed by atoms with Crippen LogP contribution >= 0.6 is 11.6 Å². The van der Waals surface area contributed by atoms with Gasteiger partial charge in [0.25, 0.3) is 0 Å². The predicted octanol–water partition coefficient (Wildman–Crippen LogP) is 2.61. The molecule has 0 N–H and O–H groups in total. The summed E-state index contributed by atoms with van der Waals surface area (Å²) in [6.07, 6.45) is 1.70. The Labute approximate surface area is 138 Å². The van der Waals surface area contributed by atoms with Gasteiger partial charge < -0.3 is 9.47 Å². The second kappa shape index (κ2) is 6.90. The van der Waals surface area contributed by atoms with Gasteiger partial charge in [-0.15, -0.1) is 0 Å². The van der Waals surface area contributed by atoms with Crippen molar-refractivity contribution in [3.05, 3.63) is 35.1 Å². The molecule has 1 aliphatic rings. The second-order valence-corrected chi connectivity index (χ2v) is 5.57. The van der Waals surface area contributed by atoms with Gasteiger partial charge in [-0.3, -0.25) is 4.79 Å². The Kier molecular flexibility index (Phi) is 4.70. The molecule has 0 saturated carbocycles. The number of rotatable bonds is 4. The van der Waals surface area contributed by atoms with Crippen molar-refractivity contribution in [3.8, 4) is 6.07 Å². The highest BCUT2D eigenvalue weighted by atomic mass is 35.5. The maximum atomic E-state index is 12.2. The van der Waals surface area contributed by atoms with Gasteiger partial charge in [-0.1, -0.05) is 23.7 Å². The first-order valence-electron chi connectivity index (χ1n) is 7.29. The van der Waals surface area contributed by atoms with Gasteiger partial charge in [0.15, 0.2) is 11.1 Å². The molecule has 1 aliphatic heterocycles. The van der Waals surface area contributed by atoms with E-state index in [4.69, 9.17) is 21.1 Å². The monoisotopic (exact) mass is 331 g/mol. The number of nitriles is 1. The van der Waals surface area contributed by atoms with E-state index in [9.17, 15) is 10.1 Å². The van der Waals surface area contributed by atoms with Gasteiger partial charge in [0, 0.05) is 6.61 Å². The minimum Gasteiger partial charge on any atom is -0.462 e. The van der Waals surface area contributed by atoms with Crippen LogP contribution in [0.3, 0.4) is 0 Å². The van der Waals surface area contributed by atoms with Crippen LogP contribution in [0.25, 0.3) is 11.0 Å². The van der Waals surface area contributed by atoms with Crippen LogP contribution < -0.4 is 0 Å². The van der Waals surface area contributed by atoms with Crippen molar-refractivity contribution < 1.29 is 14.3 Å². The standard InChI is InChI=1S/C16H14ClN3O3/c17-15-14(19-12-5-1-2-6-13(12)20-15)11(8-18)16(21)23-9-10-4-3-7-22-10/h1-2,5-6,10-11H,3-4,7,9H2/t10-,11+/m0/s1. The lowest BCUT2D eigenvalue weighted by molar-refractivity contribution is -0.147. The van der Waals surface area contributed by atoms with Crippen LogP contribution in [0.4, 0.5) is 0 Å². The first kappa shape index (κ1) is 15.7. The van der Waals surface area contributed by atoms with Crippen molar-refractivity contribution in [3.63, 3.8) is 0 Å². The maximum absolute atomic E-state index is 12.2. The van der Waals surface area contributed by atoms with E-state index in [0.29, 0.717) is 17.6 Å². The summed E-state index contributed by atoms with van der Waals surface area (Å²) in [4.78, 5) is 20.7. The highest BCUT2D eigenvalue weighted by Crippen LogP contribution is 2.25. The number of hydrogen-bond acceptors (Lipinski definition) is 6. The Morgan fingerprint density at radius 1 is 1.43 bits per heavy atom. The van der Waals surface area contributed by atoms with E-state index in [1.807, 2.05) is 12.1 Å². The van der Waals surface area contributed by atoms with Crippen LogP contribution in [0.5, 0.6) is 0 Å². The van der Waals surface area contributed by atoms with E-state index in [1.165, 1.54) is 0 Å². The maximum Gasteiger partial charge on any atom is 0.329 e. The molecule has 0 amide bonds. The second-order valence-electron chi connectivity index (χ2n) is 5.22. The number of halogens is 1. The molecule has 23 heavy (non-hydrogen) atoms. The van der Waals surface area contributed by atoms with E-state index >= 15 is 0 Å². The number of carbonyl (C=O) groups is 1. The molecule has 7 heteroatoms. The number of hydrogen-bond donors (Lipinski definition) is 0. The molecule has 0 aliphatic carbocycles. The van der Waals surface area contributed by atoms with Gasteiger partial charge in [-0.25, -0.2) is 9.97 Å². The first-order valence-corrected chi connectivity index (χ1v) is 7.67. The Balaban J connectivity index is 1.80. The number of nitrogens with zero attached hydrogens (tertiary/aromatic N) is 3. The summed E-state index contributed by atoms with van der Waals surface area (Å²) >= 11 is 6.09. The fourth-order valence-corrected chi connectivity index (χ4v) is 2.68. The molecule has 1 aromatic carbocycles. The average Bonchev–Trinajstić information content (AvgIpc) is 3.07. The minimum atomic E-state index is -1.21. The van der Waals surface area contributed by atoms with Gasteiger partial charge in [0.2, 0.25) is 0 Å². The van der Waals surface area contributed by atoms with E-state index in [0.717, 1.165) is 12.8 Å². The highest BCUT2D eigenvalue weighted by molar-refractivity contribution is 6.30. The summed E-state index contributed by atoms with van der Waals surface area (Å²) < 4.78 is 10.6. The third-order valence-corrected chi connectivity index (χ3v) is 3.90. The van der Waals surface area contributed by atoms with Gasteiger partial charge in [0.1, 0.15) is 12.3 Å². The third kappa shape index (κ3) is 3.41. The Morgan fingerprint density at radius 3 is 2.83 bits per heavy atom. The number of para-hydroxylation sites is 2. The van der Waals surface area contributed by atoms with Gasteiger partial charge >= 0.3 is 5.97 Å². The topological polar surface area (TPSA) is 85.1 Å². The first-order chi connectivity index (χ1) is 11.2. The van der Waals surface area contributed by atoms with Crippen LogP contribution in [0.2, 0.25) is 5.15 Å². The Morgan fingerprint density at radius 2 is 2.17 bits per heavy atom. The number of benzene rings is 1. The molecule has 1 aromatic heterocycles. The van der Waals surface area contributed by atoms with Crippen molar-refractivity contribution in [1.29, 1.82) is 5.26 Å². The van der Waals surface area contributed by atoms with Gasteiger partial charge in [-0.05, 0) is 25.0 Å². The van der Waals surface area contributed by atoms with E-state index in [-0.39, 0.29) is 23.6 Å². The van der Waals surface area contributed by atoms with Crippen molar-refractivity contribution >= 4 is 28.6 Å². The summed E-state index contributed by atoms with van der Waals surface area (Å²) in [6, 6.07) is 9.01. The summed E-state index contributed by atoms with van der Waals surface area (Å²) in [5.41, 5.74) is 1.29. The molecular weight excluding hydrogens is 318 g/mol. The van der Waals surface area contributed by atoms with E-state index in [2.05, 4.69) is 9.97 Å². The molecule has 0 radical (unpaired) electrons. The molecule has 2 heterocycles. The largest absolute Gasteiger partial charge is 0.462 e. The van der Waals surface area contributed by atoms with Crippen LogP contribution in [-0.2, 0) is 14.3 Å². The normalized spacial score (nSPS) is 18.5. The lowest BCUT2D eigenvalue weighted by Crippen LogP contribution is -2.22. The van der Waals surface area contributed by atoms with E-state index < -0.39 is 11.9 Å². The molecule has 0 unspecified atom stereocenters. The number of fused-ring (bicyclic) bond motifs is 1. The fraction of sp³-hybridized carbons (Fsp3) is 0.375. The van der Waals surface area contributed by atoms with Crippen molar-refractivity contribution in [2.75, 3.05) is 13.2 Å². The van der Waals surface area contributed by atoms with Crippen molar-refractivity contribution in [1.82, 2.24) is 9.97 Å². The Hall–Kier alpha value is -2.23. The van der Waals surface area contributed by atoms with Crippen molar-refractivity contribution in [2.24, 2.45) is 0 Å². The number of ether oxygens (including phenoxy) is 2. The van der Waals surface area contributed by atoms with Crippen LogP contribution in [0.1, 0.15) is 24.5 Å². The van der Waals surface area contributed by atoms with Crippen LogP contribution in [0, 0.1) is 11.3 Å². The summed E-state index contributed by atoms with van der Waals surface area (Å²) in [5, 5.41) is 9.36. The Bertz CT molecular complexity index is 769. The number of aromatic nitrogens is 2. The zero-order valence-electron chi connectivity index (χ0n) is 12.2. The summed E-state index contributed by atoms with van der Waals surface area (Å²) in [7, 11) is 0. The van der Waals surface area contributed by atoms with Gasteiger partial charge in [-0.2, -0.15) is 5.26 Å². The quantitative estimate of drug-likeness (QED) is 0.800. The average molecular weight is 332 g/mol. The van der Waals surface area contributed by atoms with Crippen molar-refractivity contribution in [2.45, 2.75) is 24.9 Å². The minimum absolute atomic E-state index is 0.0318. The molecule has 2 aromatic rings. The summed E-state index contributed by atoms with van der Waals surface area (Å²) in [6.45, 7) is 0.807. The molecule has 0 bridgehead atoms. The lowest BCUT2D eigenvalue weighted by atomic mass is 10.1. The molecule has 1 saturated heterocycles. The predicted molar refractivity (Wildman–Crippen MR) is 82.8 cm³/mol. The number of carbonyl (C=O) groups excluding carboxylic acids is 1. The third-order valence-electron chi connectivity index (χ3n) is 3.63. The molecule has 6 nitrogen and oxygen atoms in total. The smallest absolute Gasteiger partial charge is 0.329 e. The molecule has 0 spiro atoms. The van der Waals surface area contributed by atoms with E-state index in [1.54, 1.807) is 18.2 Å². The SMILES string of the molecule is N#C[C@@H](C(=O)OC[C@@H]1CCCO1)c1nc2ccccc2nc1Cl. The highest BCUT2D eigenvalue weighted by Gasteiger charge is 2.28. The molecule has 1 fully saturated rings. The zero-order valence-corrected chi connectivity index (χ0v) is 13.0. The van der Waals surface area contributed by atoms with Gasteiger partial charge in [0.05, 0.1) is 23.2 Å². The van der Waals surface area contributed by atoms with Crippen LogP contribution in [-0.4, -0.2) is 35.3 Å². The molecule has 118 valence electrons. The summed E-state index contributed by atoms with van der Waals surface area (Å²) in [5.74, 6) is -1.89. The molecule has 2 atom stereocenters.